The molecule has 2 aromatic heterocycles. The lowest BCUT2D eigenvalue weighted by molar-refractivity contribution is 0.222. The van der Waals surface area contributed by atoms with Crippen LogP contribution in [-0.4, -0.2) is 39.6 Å². The Morgan fingerprint density at radius 2 is 2.06 bits per heavy atom. The van der Waals surface area contributed by atoms with Crippen molar-refractivity contribution in [2.24, 2.45) is 0 Å². The van der Waals surface area contributed by atoms with E-state index in [1.807, 2.05) is 18.3 Å². The van der Waals surface area contributed by atoms with Crippen molar-refractivity contribution in [1.82, 2.24) is 19.4 Å². The van der Waals surface area contributed by atoms with Crippen LogP contribution in [0.5, 0.6) is 0 Å². The molecule has 1 saturated heterocycles. The normalized spacial score (nSPS) is 18.9. The second-order valence-corrected chi connectivity index (χ2v) is 4.91. The quantitative estimate of drug-likeness (QED) is 0.751. The van der Waals surface area contributed by atoms with E-state index < -0.39 is 0 Å². The van der Waals surface area contributed by atoms with Crippen LogP contribution in [0, 0.1) is 6.92 Å². The lowest BCUT2D eigenvalue weighted by atomic mass is 10.1. The molecule has 0 aliphatic carbocycles. The van der Waals surface area contributed by atoms with Gasteiger partial charge in [-0.15, -0.1) is 0 Å². The van der Waals surface area contributed by atoms with Gasteiger partial charge < -0.3 is 9.47 Å². The molecule has 0 amide bonds. The first-order chi connectivity index (χ1) is 8.25. The smallest absolute Gasteiger partial charge is 0.160 e. The van der Waals surface area contributed by atoms with Crippen molar-refractivity contribution in [1.29, 1.82) is 0 Å². The number of fused-ring (bicyclic) bond motifs is 1. The summed E-state index contributed by atoms with van der Waals surface area (Å²) in [5.74, 6) is 1.09. The van der Waals surface area contributed by atoms with E-state index in [9.17, 15) is 0 Å². The number of imidazole rings is 1. The fourth-order valence-electron chi connectivity index (χ4n) is 2.73. The van der Waals surface area contributed by atoms with Crippen molar-refractivity contribution in [2.45, 2.75) is 25.8 Å². The minimum absolute atomic E-state index is 0.561. The summed E-state index contributed by atoms with van der Waals surface area (Å²) in [6.07, 6.45) is 4.24. The van der Waals surface area contributed by atoms with E-state index >= 15 is 0 Å². The zero-order valence-corrected chi connectivity index (χ0v) is 10.4. The Labute approximate surface area is 101 Å². The van der Waals surface area contributed by atoms with Gasteiger partial charge in [-0.25, -0.2) is 9.97 Å². The summed E-state index contributed by atoms with van der Waals surface area (Å²) in [4.78, 5) is 11.5. The van der Waals surface area contributed by atoms with Gasteiger partial charge in [0.25, 0.3) is 0 Å². The first kappa shape index (κ1) is 10.7. The Morgan fingerprint density at radius 1 is 1.29 bits per heavy atom. The van der Waals surface area contributed by atoms with Gasteiger partial charge in [0, 0.05) is 12.2 Å². The second-order valence-electron chi connectivity index (χ2n) is 4.91. The Hall–Kier alpha value is -1.42. The van der Waals surface area contributed by atoms with Crippen LogP contribution >= 0.6 is 0 Å². The number of nitrogens with zero attached hydrogens (tertiary/aromatic N) is 4. The van der Waals surface area contributed by atoms with E-state index in [1.165, 1.54) is 12.8 Å². The molecule has 0 unspecified atom stereocenters. The molecular formula is C13H18N4. The van der Waals surface area contributed by atoms with E-state index in [1.54, 1.807) is 0 Å². The monoisotopic (exact) mass is 230 g/mol. The van der Waals surface area contributed by atoms with Gasteiger partial charge >= 0.3 is 0 Å². The molecule has 4 nitrogen and oxygen atoms in total. The van der Waals surface area contributed by atoms with Crippen LogP contribution in [0.15, 0.2) is 18.3 Å². The van der Waals surface area contributed by atoms with E-state index in [0.29, 0.717) is 6.04 Å². The van der Waals surface area contributed by atoms with Gasteiger partial charge in [0.15, 0.2) is 5.65 Å². The average molecular weight is 230 g/mol. The minimum atomic E-state index is 0.561. The summed E-state index contributed by atoms with van der Waals surface area (Å²) in [6, 6.07) is 4.56. The number of rotatable bonds is 1. The molecule has 0 saturated carbocycles. The van der Waals surface area contributed by atoms with Crippen LogP contribution in [0.3, 0.4) is 0 Å². The van der Waals surface area contributed by atoms with Crippen molar-refractivity contribution >= 4 is 11.2 Å². The first-order valence-electron chi connectivity index (χ1n) is 6.24. The van der Waals surface area contributed by atoms with Crippen LogP contribution < -0.4 is 0 Å². The van der Waals surface area contributed by atoms with E-state index in [4.69, 9.17) is 0 Å². The molecule has 0 atom stereocenters. The number of aryl methyl sites for hydroxylation is 1. The fraction of sp³-hybridized carbons (Fsp3) is 0.538. The van der Waals surface area contributed by atoms with Crippen molar-refractivity contribution in [3.63, 3.8) is 0 Å². The van der Waals surface area contributed by atoms with Gasteiger partial charge in [-0.1, -0.05) is 0 Å². The molecule has 17 heavy (non-hydrogen) atoms. The molecule has 0 aromatic carbocycles. The summed E-state index contributed by atoms with van der Waals surface area (Å²) in [7, 11) is 2.19. The molecule has 4 heteroatoms. The van der Waals surface area contributed by atoms with E-state index in [-0.39, 0.29) is 0 Å². The first-order valence-corrected chi connectivity index (χ1v) is 6.24. The zero-order chi connectivity index (χ0) is 11.8. The molecule has 1 aliphatic rings. The summed E-state index contributed by atoms with van der Waals surface area (Å²) in [6.45, 7) is 4.41. The van der Waals surface area contributed by atoms with Crippen molar-refractivity contribution in [2.75, 3.05) is 20.1 Å². The lowest BCUT2D eigenvalue weighted by Crippen LogP contribution is -2.31. The Balaban J connectivity index is 2.02. The van der Waals surface area contributed by atoms with Crippen LogP contribution in [0.4, 0.5) is 0 Å². The number of likely N-dealkylation sites (tertiary alicyclic amines) is 1. The molecule has 1 aliphatic heterocycles. The average Bonchev–Trinajstić information content (AvgIpc) is 2.66. The van der Waals surface area contributed by atoms with Gasteiger partial charge in [0.1, 0.15) is 11.3 Å². The van der Waals surface area contributed by atoms with Crippen LogP contribution in [0.1, 0.15) is 24.7 Å². The Bertz CT molecular complexity index is 523. The predicted molar refractivity (Wildman–Crippen MR) is 68.0 cm³/mol. The molecule has 3 heterocycles. The van der Waals surface area contributed by atoms with Gasteiger partial charge in [-0.2, -0.15) is 0 Å². The maximum absolute atomic E-state index is 4.59. The SMILES string of the molecule is Cc1nc2cccnc2n1C1CCN(C)CC1. The summed E-state index contributed by atoms with van der Waals surface area (Å²) < 4.78 is 2.32. The zero-order valence-electron chi connectivity index (χ0n) is 10.4. The fourth-order valence-corrected chi connectivity index (χ4v) is 2.73. The third kappa shape index (κ3) is 1.82. The van der Waals surface area contributed by atoms with E-state index in [0.717, 1.165) is 30.1 Å². The molecule has 0 bridgehead atoms. The van der Waals surface area contributed by atoms with Crippen LogP contribution in [0.25, 0.3) is 11.2 Å². The minimum Gasteiger partial charge on any atom is -0.310 e. The van der Waals surface area contributed by atoms with Gasteiger partial charge in [0.2, 0.25) is 0 Å². The highest BCUT2D eigenvalue weighted by atomic mass is 15.2. The molecule has 1 fully saturated rings. The van der Waals surface area contributed by atoms with Gasteiger partial charge in [-0.3, -0.25) is 0 Å². The van der Waals surface area contributed by atoms with Gasteiger partial charge in [0.05, 0.1) is 0 Å². The third-order valence-corrected chi connectivity index (χ3v) is 3.68. The highest BCUT2D eigenvalue weighted by Crippen LogP contribution is 2.26. The number of aromatic nitrogens is 3. The van der Waals surface area contributed by atoms with Crippen molar-refractivity contribution < 1.29 is 0 Å². The second kappa shape index (κ2) is 4.11. The Kier molecular flexibility index (Phi) is 2.59. The summed E-state index contributed by atoms with van der Waals surface area (Å²) in [5.41, 5.74) is 2.06. The van der Waals surface area contributed by atoms with Crippen LogP contribution in [0.2, 0.25) is 0 Å². The molecular weight excluding hydrogens is 212 g/mol. The number of pyridine rings is 1. The highest BCUT2D eigenvalue weighted by molar-refractivity contribution is 5.71. The third-order valence-electron chi connectivity index (χ3n) is 3.68. The maximum Gasteiger partial charge on any atom is 0.160 e. The van der Waals surface area contributed by atoms with Gasteiger partial charge in [-0.05, 0) is 52.0 Å². The van der Waals surface area contributed by atoms with E-state index in [2.05, 4.69) is 33.4 Å². The highest BCUT2D eigenvalue weighted by Gasteiger charge is 2.21. The number of hydrogen-bond donors (Lipinski definition) is 0. The standard InChI is InChI=1S/C13H18N4/c1-10-15-12-4-3-7-14-13(12)17(10)11-5-8-16(2)9-6-11/h3-4,7,11H,5-6,8-9H2,1-2H3. The lowest BCUT2D eigenvalue weighted by Gasteiger charge is -2.30. The van der Waals surface area contributed by atoms with Crippen molar-refractivity contribution in [3.05, 3.63) is 24.2 Å². The molecule has 0 radical (unpaired) electrons. The summed E-state index contributed by atoms with van der Waals surface area (Å²) in [5, 5.41) is 0. The number of piperidine rings is 1. The van der Waals surface area contributed by atoms with Crippen molar-refractivity contribution in [3.8, 4) is 0 Å². The summed E-state index contributed by atoms with van der Waals surface area (Å²) >= 11 is 0. The molecule has 2 aromatic rings. The maximum atomic E-state index is 4.59. The topological polar surface area (TPSA) is 34.0 Å². The number of hydrogen-bond acceptors (Lipinski definition) is 3. The van der Waals surface area contributed by atoms with Crippen LogP contribution in [-0.2, 0) is 0 Å². The molecule has 0 N–H and O–H groups in total. The molecule has 90 valence electrons. The predicted octanol–water partition coefficient (Wildman–Crippen LogP) is 2.01. The Morgan fingerprint density at radius 3 is 2.82 bits per heavy atom. The largest absolute Gasteiger partial charge is 0.310 e. The molecule has 3 rings (SSSR count). The molecule has 0 spiro atoms.